The van der Waals surface area contributed by atoms with Gasteiger partial charge in [-0.1, -0.05) is 0 Å². The van der Waals surface area contributed by atoms with Gasteiger partial charge in [-0.05, 0) is 31.9 Å². The third-order valence-corrected chi connectivity index (χ3v) is 2.55. The van der Waals surface area contributed by atoms with E-state index in [0.29, 0.717) is 0 Å². The first-order chi connectivity index (χ1) is 8.17. The molecule has 0 spiro atoms. The lowest BCUT2D eigenvalue weighted by molar-refractivity contribution is 0.355. The minimum atomic E-state index is 0.266. The Morgan fingerprint density at radius 2 is 1.94 bits per heavy atom. The van der Waals surface area contributed by atoms with Gasteiger partial charge >= 0.3 is 0 Å². The summed E-state index contributed by atoms with van der Waals surface area (Å²) in [5.74, 6) is 1.48. The Labute approximate surface area is 103 Å². The van der Waals surface area contributed by atoms with Crippen molar-refractivity contribution in [3.8, 4) is 11.5 Å². The van der Waals surface area contributed by atoms with Crippen molar-refractivity contribution >= 4 is 5.69 Å². The Morgan fingerprint density at radius 1 is 1.24 bits per heavy atom. The quantitative estimate of drug-likeness (QED) is 0.715. The van der Waals surface area contributed by atoms with Crippen LogP contribution in [0.4, 0.5) is 5.69 Å². The minimum absolute atomic E-state index is 0.266. The maximum atomic E-state index is 5.69. The number of ether oxygens (including phenoxy) is 2. The molecule has 0 fully saturated rings. The van der Waals surface area contributed by atoms with E-state index in [1.165, 1.54) is 0 Å². The van der Waals surface area contributed by atoms with Gasteiger partial charge in [-0.15, -0.1) is 0 Å². The third kappa shape index (κ3) is 4.53. The predicted molar refractivity (Wildman–Crippen MR) is 70.9 cm³/mol. The SMILES string of the molecule is COc1ccc(NCCCC(C)N)cc1OC. The summed E-state index contributed by atoms with van der Waals surface area (Å²) in [6.45, 7) is 2.94. The molecule has 96 valence electrons. The molecule has 0 saturated heterocycles. The van der Waals surface area contributed by atoms with Crippen molar-refractivity contribution in [2.24, 2.45) is 5.73 Å². The van der Waals surface area contributed by atoms with Crippen LogP contribution in [0.5, 0.6) is 11.5 Å². The first-order valence-electron chi connectivity index (χ1n) is 5.89. The van der Waals surface area contributed by atoms with Gasteiger partial charge in [-0.2, -0.15) is 0 Å². The van der Waals surface area contributed by atoms with Gasteiger partial charge in [-0.25, -0.2) is 0 Å². The monoisotopic (exact) mass is 238 g/mol. The smallest absolute Gasteiger partial charge is 0.162 e. The topological polar surface area (TPSA) is 56.5 Å². The van der Waals surface area contributed by atoms with E-state index in [2.05, 4.69) is 5.32 Å². The molecule has 0 aliphatic carbocycles. The number of methoxy groups -OCH3 is 2. The average Bonchev–Trinajstić information content (AvgIpc) is 2.34. The highest BCUT2D eigenvalue weighted by Crippen LogP contribution is 2.29. The fraction of sp³-hybridized carbons (Fsp3) is 0.538. The van der Waals surface area contributed by atoms with Crippen LogP contribution in [0.15, 0.2) is 18.2 Å². The highest BCUT2D eigenvalue weighted by atomic mass is 16.5. The Bertz CT molecular complexity index is 340. The van der Waals surface area contributed by atoms with E-state index in [4.69, 9.17) is 15.2 Å². The number of nitrogens with one attached hydrogen (secondary N) is 1. The zero-order chi connectivity index (χ0) is 12.7. The van der Waals surface area contributed by atoms with E-state index >= 15 is 0 Å². The lowest BCUT2D eigenvalue weighted by Gasteiger charge is -2.11. The highest BCUT2D eigenvalue weighted by Gasteiger charge is 2.03. The van der Waals surface area contributed by atoms with Crippen LogP contribution >= 0.6 is 0 Å². The van der Waals surface area contributed by atoms with Gasteiger partial charge in [0.2, 0.25) is 0 Å². The molecule has 0 radical (unpaired) electrons. The summed E-state index contributed by atoms with van der Waals surface area (Å²) < 4.78 is 10.4. The van der Waals surface area contributed by atoms with E-state index in [0.717, 1.165) is 36.6 Å². The van der Waals surface area contributed by atoms with Crippen LogP contribution in [0.2, 0.25) is 0 Å². The fourth-order valence-corrected chi connectivity index (χ4v) is 1.60. The summed E-state index contributed by atoms with van der Waals surface area (Å²) in [5, 5.41) is 3.33. The van der Waals surface area contributed by atoms with E-state index in [1.54, 1.807) is 14.2 Å². The molecule has 4 nitrogen and oxygen atoms in total. The Hall–Kier alpha value is -1.42. The maximum Gasteiger partial charge on any atom is 0.162 e. The molecule has 1 aromatic carbocycles. The molecular weight excluding hydrogens is 216 g/mol. The largest absolute Gasteiger partial charge is 0.493 e. The average molecular weight is 238 g/mol. The first kappa shape index (κ1) is 13.6. The zero-order valence-corrected chi connectivity index (χ0v) is 10.8. The molecule has 0 aliphatic rings. The van der Waals surface area contributed by atoms with Crippen molar-refractivity contribution in [3.05, 3.63) is 18.2 Å². The van der Waals surface area contributed by atoms with Crippen LogP contribution in [-0.2, 0) is 0 Å². The summed E-state index contributed by atoms with van der Waals surface area (Å²) >= 11 is 0. The number of nitrogens with two attached hydrogens (primary N) is 1. The van der Waals surface area contributed by atoms with Crippen LogP contribution < -0.4 is 20.5 Å². The molecule has 1 atom stereocenters. The van der Waals surface area contributed by atoms with Gasteiger partial charge in [0.15, 0.2) is 11.5 Å². The van der Waals surface area contributed by atoms with Gasteiger partial charge in [0.05, 0.1) is 14.2 Å². The zero-order valence-electron chi connectivity index (χ0n) is 10.8. The van der Waals surface area contributed by atoms with Crippen molar-refractivity contribution in [1.29, 1.82) is 0 Å². The molecule has 1 aromatic rings. The number of hydrogen-bond acceptors (Lipinski definition) is 4. The summed E-state index contributed by atoms with van der Waals surface area (Å²) in [4.78, 5) is 0. The Morgan fingerprint density at radius 3 is 2.53 bits per heavy atom. The second-order valence-electron chi connectivity index (χ2n) is 4.12. The van der Waals surface area contributed by atoms with Gasteiger partial charge < -0.3 is 20.5 Å². The molecule has 0 saturated carbocycles. The van der Waals surface area contributed by atoms with Gasteiger partial charge in [0.25, 0.3) is 0 Å². The van der Waals surface area contributed by atoms with E-state index < -0.39 is 0 Å². The van der Waals surface area contributed by atoms with Crippen LogP contribution in [0.25, 0.3) is 0 Å². The van der Waals surface area contributed by atoms with Crippen molar-refractivity contribution in [2.45, 2.75) is 25.8 Å². The van der Waals surface area contributed by atoms with E-state index in [1.807, 2.05) is 25.1 Å². The number of anilines is 1. The Kier molecular flexibility index (Phi) is 5.63. The molecular formula is C13H22N2O2. The fourth-order valence-electron chi connectivity index (χ4n) is 1.60. The predicted octanol–water partition coefficient (Wildman–Crippen LogP) is 2.24. The molecule has 3 N–H and O–H groups in total. The lowest BCUT2D eigenvalue weighted by atomic mass is 10.2. The summed E-state index contributed by atoms with van der Waals surface area (Å²) in [6.07, 6.45) is 2.09. The summed E-state index contributed by atoms with van der Waals surface area (Å²) in [5.41, 5.74) is 6.73. The first-order valence-corrected chi connectivity index (χ1v) is 5.89. The van der Waals surface area contributed by atoms with Crippen molar-refractivity contribution < 1.29 is 9.47 Å². The molecule has 0 heterocycles. The molecule has 0 aromatic heterocycles. The molecule has 4 heteroatoms. The van der Waals surface area contributed by atoms with Crippen LogP contribution in [0.1, 0.15) is 19.8 Å². The van der Waals surface area contributed by atoms with Crippen molar-refractivity contribution in [1.82, 2.24) is 0 Å². The maximum absolute atomic E-state index is 5.69. The lowest BCUT2D eigenvalue weighted by Crippen LogP contribution is -2.16. The molecule has 1 rings (SSSR count). The molecule has 0 amide bonds. The standard InChI is InChI=1S/C13H22N2O2/c1-10(14)5-4-8-15-11-6-7-12(16-2)13(9-11)17-3/h6-7,9-10,15H,4-5,8,14H2,1-3H3. The van der Waals surface area contributed by atoms with Gasteiger partial charge in [0, 0.05) is 24.3 Å². The van der Waals surface area contributed by atoms with Crippen LogP contribution in [-0.4, -0.2) is 26.8 Å². The van der Waals surface area contributed by atoms with Crippen molar-refractivity contribution in [3.63, 3.8) is 0 Å². The molecule has 1 unspecified atom stereocenters. The van der Waals surface area contributed by atoms with Gasteiger partial charge in [0.1, 0.15) is 0 Å². The van der Waals surface area contributed by atoms with Crippen LogP contribution in [0, 0.1) is 0 Å². The van der Waals surface area contributed by atoms with E-state index in [-0.39, 0.29) is 6.04 Å². The number of hydrogen-bond donors (Lipinski definition) is 2. The summed E-state index contributed by atoms with van der Waals surface area (Å²) in [7, 11) is 3.27. The molecule has 0 aliphatic heterocycles. The van der Waals surface area contributed by atoms with Crippen molar-refractivity contribution in [2.75, 3.05) is 26.1 Å². The molecule has 0 bridgehead atoms. The second-order valence-corrected chi connectivity index (χ2v) is 4.12. The Balaban J connectivity index is 2.48. The third-order valence-electron chi connectivity index (χ3n) is 2.55. The highest BCUT2D eigenvalue weighted by molar-refractivity contribution is 5.54. The minimum Gasteiger partial charge on any atom is -0.493 e. The number of benzene rings is 1. The number of rotatable bonds is 7. The van der Waals surface area contributed by atoms with Gasteiger partial charge in [-0.3, -0.25) is 0 Å². The van der Waals surface area contributed by atoms with E-state index in [9.17, 15) is 0 Å². The summed E-state index contributed by atoms with van der Waals surface area (Å²) in [6, 6.07) is 6.08. The second kappa shape index (κ2) is 7.01. The molecule has 17 heavy (non-hydrogen) atoms. The normalized spacial score (nSPS) is 12.0. The van der Waals surface area contributed by atoms with Crippen LogP contribution in [0.3, 0.4) is 0 Å².